The topological polar surface area (TPSA) is 93.2 Å². The van der Waals surface area contributed by atoms with Crippen molar-refractivity contribution in [1.29, 1.82) is 0 Å². The molecule has 2 saturated heterocycles. The number of amides is 3. The van der Waals surface area contributed by atoms with Gasteiger partial charge >= 0.3 is 5.97 Å². The normalized spacial score (nSPS) is 28.7. The molecule has 6 rings (SSSR count). The Hall–Kier alpha value is -3.68. The van der Waals surface area contributed by atoms with E-state index in [1.165, 1.54) is 4.90 Å². The van der Waals surface area contributed by atoms with Crippen molar-refractivity contribution in [3.8, 4) is 11.5 Å². The Labute approximate surface area is 209 Å². The minimum atomic E-state index is -0.587. The van der Waals surface area contributed by atoms with Crippen LogP contribution >= 0.6 is 0 Å². The lowest BCUT2D eigenvalue weighted by molar-refractivity contribution is -0.139. The first-order valence-corrected chi connectivity index (χ1v) is 12.5. The number of fused-ring (bicyclic) bond motifs is 5. The fourth-order valence-corrected chi connectivity index (χ4v) is 6.67. The van der Waals surface area contributed by atoms with Gasteiger partial charge in [-0.25, -0.2) is 4.90 Å². The molecule has 0 spiro atoms. The number of esters is 1. The van der Waals surface area contributed by atoms with Crippen LogP contribution in [0.4, 0.5) is 11.4 Å². The van der Waals surface area contributed by atoms with Crippen molar-refractivity contribution in [2.75, 3.05) is 23.5 Å². The number of nitrogens with zero attached hydrogens (tertiary/aromatic N) is 2. The summed E-state index contributed by atoms with van der Waals surface area (Å²) in [6.45, 7) is 2.05. The minimum absolute atomic E-state index is 0.0732. The number of benzene rings is 2. The van der Waals surface area contributed by atoms with Gasteiger partial charge < -0.3 is 14.4 Å². The standard InChI is InChI=1S/C28H28N2O6/c1-15-11-21(9-10-22(15)30-26(32)24-16-3-4-17(12-16)25(24)27(30)33)36-28(34)18-13-23(31)29(14-18)19-5-7-20(35-2)8-6-19/h5-11,16-18,24-25H,3-4,12-14H2,1-2H3/t16-,17-,18+,24-,25+/m0/s1. The van der Waals surface area contributed by atoms with Gasteiger partial charge in [-0.1, -0.05) is 0 Å². The van der Waals surface area contributed by atoms with Crippen molar-refractivity contribution >= 4 is 35.1 Å². The van der Waals surface area contributed by atoms with Gasteiger partial charge in [-0.2, -0.15) is 0 Å². The number of rotatable bonds is 5. The number of carbonyl (C=O) groups is 4. The third kappa shape index (κ3) is 3.50. The predicted molar refractivity (Wildman–Crippen MR) is 131 cm³/mol. The minimum Gasteiger partial charge on any atom is -0.497 e. The number of hydrogen-bond acceptors (Lipinski definition) is 6. The Morgan fingerprint density at radius 2 is 1.56 bits per heavy atom. The van der Waals surface area contributed by atoms with E-state index in [1.54, 1.807) is 61.4 Å². The van der Waals surface area contributed by atoms with Crippen LogP contribution in [-0.4, -0.2) is 37.3 Å². The molecule has 8 nitrogen and oxygen atoms in total. The van der Waals surface area contributed by atoms with Crippen molar-refractivity contribution in [2.24, 2.45) is 29.6 Å². The molecule has 2 aromatic rings. The molecular formula is C28H28N2O6. The number of anilines is 2. The molecule has 4 fully saturated rings. The molecule has 0 N–H and O–H groups in total. The molecule has 2 heterocycles. The largest absolute Gasteiger partial charge is 0.497 e. The lowest BCUT2D eigenvalue weighted by Crippen LogP contribution is -2.33. The van der Waals surface area contributed by atoms with E-state index in [0.29, 0.717) is 40.3 Å². The van der Waals surface area contributed by atoms with Gasteiger partial charge in [0.2, 0.25) is 17.7 Å². The third-order valence-corrected chi connectivity index (χ3v) is 8.40. The molecule has 0 radical (unpaired) electrons. The summed E-state index contributed by atoms with van der Waals surface area (Å²) in [5, 5.41) is 0. The van der Waals surface area contributed by atoms with E-state index in [4.69, 9.17) is 9.47 Å². The second-order valence-corrected chi connectivity index (χ2v) is 10.4. The van der Waals surface area contributed by atoms with Gasteiger partial charge in [0.05, 0.1) is 30.6 Å². The Balaban J connectivity index is 1.14. The number of carbonyl (C=O) groups excluding carboxylic acids is 4. The number of hydrogen-bond donors (Lipinski definition) is 0. The van der Waals surface area contributed by atoms with E-state index >= 15 is 0 Å². The van der Waals surface area contributed by atoms with Gasteiger partial charge in [-0.05, 0) is 86.1 Å². The average Bonchev–Trinajstić information content (AvgIpc) is 3.64. The van der Waals surface area contributed by atoms with E-state index in [9.17, 15) is 19.2 Å². The summed E-state index contributed by atoms with van der Waals surface area (Å²) in [4.78, 5) is 54.7. The quantitative estimate of drug-likeness (QED) is 0.363. The maximum Gasteiger partial charge on any atom is 0.316 e. The molecule has 2 aliphatic heterocycles. The van der Waals surface area contributed by atoms with Crippen molar-refractivity contribution in [3.05, 3.63) is 48.0 Å². The van der Waals surface area contributed by atoms with E-state index < -0.39 is 11.9 Å². The van der Waals surface area contributed by atoms with Gasteiger partial charge in [0.15, 0.2) is 0 Å². The van der Waals surface area contributed by atoms with Gasteiger partial charge in [0.25, 0.3) is 0 Å². The predicted octanol–water partition coefficient (Wildman–Crippen LogP) is 3.50. The van der Waals surface area contributed by atoms with E-state index in [1.807, 2.05) is 0 Å². The Bertz CT molecular complexity index is 1240. The molecule has 186 valence electrons. The molecule has 3 amide bonds. The van der Waals surface area contributed by atoms with Gasteiger partial charge in [-0.3, -0.25) is 19.2 Å². The highest BCUT2D eigenvalue weighted by molar-refractivity contribution is 6.23. The van der Waals surface area contributed by atoms with Crippen LogP contribution in [-0.2, 0) is 19.2 Å². The first-order valence-electron chi connectivity index (χ1n) is 12.5. The molecule has 2 bridgehead atoms. The summed E-state index contributed by atoms with van der Waals surface area (Å²) in [6.07, 6.45) is 3.14. The van der Waals surface area contributed by atoms with Crippen molar-refractivity contribution in [2.45, 2.75) is 32.6 Å². The lowest BCUT2D eigenvalue weighted by atomic mass is 9.81. The average molecular weight is 489 g/mol. The first kappa shape index (κ1) is 22.8. The van der Waals surface area contributed by atoms with E-state index in [-0.39, 0.29) is 42.5 Å². The molecular weight excluding hydrogens is 460 g/mol. The van der Waals surface area contributed by atoms with Crippen LogP contribution in [0.1, 0.15) is 31.2 Å². The molecule has 0 unspecified atom stereocenters. The summed E-state index contributed by atoms with van der Waals surface area (Å²) >= 11 is 0. The highest BCUT2D eigenvalue weighted by Crippen LogP contribution is 2.56. The lowest BCUT2D eigenvalue weighted by Gasteiger charge is -2.20. The number of methoxy groups -OCH3 is 1. The molecule has 2 aliphatic carbocycles. The highest BCUT2D eigenvalue weighted by Gasteiger charge is 2.61. The van der Waals surface area contributed by atoms with Crippen LogP contribution in [0.3, 0.4) is 0 Å². The van der Waals surface area contributed by atoms with Crippen LogP contribution in [0.2, 0.25) is 0 Å². The maximum atomic E-state index is 13.2. The van der Waals surface area contributed by atoms with Gasteiger partial charge in [0, 0.05) is 18.7 Å². The monoisotopic (exact) mass is 488 g/mol. The second-order valence-electron chi connectivity index (χ2n) is 10.4. The Morgan fingerprint density at radius 3 is 2.17 bits per heavy atom. The maximum absolute atomic E-state index is 13.2. The SMILES string of the molecule is COc1ccc(N2C[C@H](C(=O)Oc3ccc(N4C(=O)[C@@H]5[C@H]6CC[C@@H](C6)[C@@H]5C4=O)c(C)c3)CC2=O)cc1. The molecule has 36 heavy (non-hydrogen) atoms. The molecule has 4 aliphatic rings. The highest BCUT2D eigenvalue weighted by atomic mass is 16.5. The Morgan fingerprint density at radius 1 is 0.917 bits per heavy atom. The molecule has 2 aromatic carbocycles. The van der Waals surface area contributed by atoms with Crippen LogP contribution in [0.25, 0.3) is 0 Å². The summed E-state index contributed by atoms with van der Waals surface area (Å²) in [5.41, 5.74) is 1.95. The molecule has 0 aromatic heterocycles. The zero-order valence-corrected chi connectivity index (χ0v) is 20.3. The van der Waals surface area contributed by atoms with Gasteiger partial charge in [0.1, 0.15) is 11.5 Å². The zero-order chi connectivity index (χ0) is 25.1. The van der Waals surface area contributed by atoms with Crippen molar-refractivity contribution in [3.63, 3.8) is 0 Å². The summed E-state index contributed by atoms with van der Waals surface area (Å²) in [7, 11) is 1.58. The summed E-state index contributed by atoms with van der Waals surface area (Å²) < 4.78 is 10.8. The van der Waals surface area contributed by atoms with Crippen LogP contribution in [0.5, 0.6) is 11.5 Å². The fourth-order valence-electron chi connectivity index (χ4n) is 6.67. The zero-order valence-electron chi connectivity index (χ0n) is 20.3. The third-order valence-electron chi connectivity index (χ3n) is 8.40. The van der Waals surface area contributed by atoms with E-state index in [0.717, 1.165) is 19.3 Å². The second kappa shape index (κ2) is 8.47. The number of imide groups is 1. The first-order chi connectivity index (χ1) is 17.4. The fraction of sp³-hybridized carbons (Fsp3) is 0.429. The van der Waals surface area contributed by atoms with Crippen LogP contribution < -0.4 is 19.3 Å². The molecule has 2 saturated carbocycles. The van der Waals surface area contributed by atoms with E-state index in [2.05, 4.69) is 0 Å². The van der Waals surface area contributed by atoms with Crippen LogP contribution in [0, 0.1) is 36.5 Å². The van der Waals surface area contributed by atoms with Crippen molar-refractivity contribution in [1.82, 2.24) is 0 Å². The molecule has 8 heteroatoms. The smallest absolute Gasteiger partial charge is 0.316 e. The van der Waals surface area contributed by atoms with Crippen LogP contribution in [0.15, 0.2) is 42.5 Å². The molecule has 5 atom stereocenters. The number of ether oxygens (including phenoxy) is 2. The number of aryl methyl sites for hydroxylation is 1. The Kier molecular flexibility index (Phi) is 5.35. The summed E-state index contributed by atoms with van der Waals surface area (Å²) in [6, 6.07) is 12.1. The van der Waals surface area contributed by atoms with Crippen molar-refractivity contribution < 1.29 is 28.7 Å². The van der Waals surface area contributed by atoms with Gasteiger partial charge in [-0.15, -0.1) is 0 Å². The summed E-state index contributed by atoms with van der Waals surface area (Å²) in [5.74, 6) is -0.0720.